The molecule has 1 saturated carbocycles. The lowest BCUT2D eigenvalue weighted by molar-refractivity contribution is 1.26. The topological polar surface area (TPSA) is 12.9 Å². The first-order chi connectivity index (χ1) is 5.74. The standard InChI is InChI=1S/C8H7Cl2NS/c9-7-3-6(4-8(10)11-7)12-5-1-2-5/h3-5H,1-2H2. The SMILES string of the molecule is Clc1cc(SC2CC2)cc(Cl)n1. The second-order valence-corrected chi connectivity index (χ2v) is 4.91. The fraction of sp³-hybridized carbons (Fsp3) is 0.375. The summed E-state index contributed by atoms with van der Waals surface area (Å²) >= 11 is 13.3. The van der Waals surface area contributed by atoms with E-state index in [0.717, 1.165) is 10.1 Å². The molecule has 1 aliphatic rings. The van der Waals surface area contributed by atoms with E-state index in [4.69, 9.17) is 23.2 Å². The van der Waals surface area contributed by atoms with Crippen LogP contribution in [0.15, 0.2) is 17.0 Å². The molecule has 64 valence electrons. The number of nitrogens with zero attached hydrogens (tertiary/aromatic N) is 1. The minimum absolute atomic E-state index is 0.477. The maximum atomic E-state index is 5.75. The van der Waals surface area contributed by atoms with Crippen molar-refractivity contribution in [1.82, 2.24) is 4.98 Å². The van der Waals surface area contributed by atoms with Gasteiger partial charge in [-0.1, -0.05) is 23.2 Å². The Kier molecular flexibility index (Phi) is 2.49. The highest BCUT2D eigenvalue weighted by Crippen LogP contribution is 2.40. The number of rotatable bonds is 2. The highest BCUT2D eigenvalue weighted by Gasteiger charge is 2.22. The van der Waals surface area contributed by atoms with Crippen molar-refractivity contribution in [2.24, 2.45) is 0 Å². The molecule has 12 heavy (non-hydrogen) atoms. The number of hydrogen-bond acceptors (Lipinski definition) is 2. The van der Waals surface area contributed by atoms with Crippen LogP contribution in [-0.4, -0.2) is 10.2 Å². The van der Waals surface area contributed by atoms with Gasteiger partial charge in [-0.05, 0) is 25.0 Å². The summed E-state index contributed by atoms with van der Waals surface area (Å²) in [6.45, 7) is 0. The fourth-order valence-corrected chi connectivity index (χ4v) is 2.60. The summed E-state index contributed by atoms with van der Waals surface area (Å²) in [4.78, 5) is 5.01. The minimum Gasteiger partial charge on any atom is -0.224 e. The second kappa shape index (κ2) is 3.44. The molecule has 1 aliphatic carbocycles. The van der Waals surface area contributed by atoms with Gasteiger partial charge in [0, 0.05) is 10.1 Å². The molecule has 1 aromatic rings. The molecule has 0 aromatic carbocycles. The van der Waals surface area contributed by atoms with Crippen LogP contribution in [-0.2, 0) is 0 Å². The van der Waals surface area contributed by atoms with Crippen molar-refractivity contribution in [1.29, 1.82) is 0 Å². The van der Waals surface area contributed by atoms with E-state index in [1.807, 2.05) is 23.9 Å². The lowest BCUT2D eigenvalue weighted by atomic mass is 10.5. The van der Waals surface area contributed by atoms with Crippen LogP contribution in [0.3, 0.4) is 0 Å². The van der Waals surface area contributed by atoms with Crippen molar-refractivity contribution in [2.45, 2.75) is 23.0 Å². The van der Waals surface area contributed by atoms with Crippen LogP contribution in [0, 0.1) is 0 Å². The summed E-state index contributed by atoms with van der Waals surface area (Å²) < 4.78 is 0. The Morgan fingerprint density at radius 3 is 2.33 bits per heavy atom. The molecular formula is C8H7Cl2NS. The zero-order valence-corrected chi connectivity index (χ0v) is 8.59. The Morgan fingerprint density at radius 1 is 1.25 bits per heavy atom. The first-order valence-corrected chi connectivity index (χ1v) is 5.37. The van der Waals surface area contributed by atoms with E-state index in [2.05, 4.69) is 4.98 Å². The van der Waals surface area contributed by atoms with Gasteiger partial charge in [-0.15, -0.1) is 11.8 Å². The Hall–Kier alpha value is 0.0800. The third-order valence-electron chi connectivity index (χ3n) is 1.56. The number of thioether (sulfide) groups is 1. The van der Waals surface area contributed by atoms with E-state index < -0.39 is 0 Å². The highest BCUT2D eigenvalue weighted by molar-refractivity contribution is 8.00. The van der Waals surface area contributed by atoms with Crippen LogP contribution in [0.5, 0.6) is 0 Å². The average Bonchev–Trinajstić information content (AvgIpc) is 2.68. The van der Waals surface area contributed by atoms with E-state index in [9.17, 15) is 0 Å². The molecule has 0 bridgehead atoms. The number of pyridine rings is 1. The number of aromatic nitrogens is 1. The van der Waals surface area contributed by atoms with Gasteiger partial charge in [0.15, 0.2) is 0 Å². The normalized spacial score (nSPS) is 16.5. The molecule has 4 heteroatoms. The molecular weight excluding hydrogens is 213 g/mol. The molecule has 0 unspecified atom stereocenters. The van der Waals surface area contributed by atoms with Crippen molar-refractivity contribution in [3.63, 3.8) is 0 Å². The predicted octanol–water partition coefficient (Wildman–Crippen LogP) is 3.64. The van der Waals surface area contributed by atoms with Crippen LogP contribution in [0.2, 0.25) is 10.3 Å². The lowest BCUT2D eigenvalue weighted by Crippen LogP contribution is -1.80. The third kappa shape index (κ3) is 2.28. The Labute approximate surface area is 85.5 Å². The van der Waals surface area contributed by atoms with Gasteiger partial charge in [-0.2, -0.15) is 0 Å². The summed E-state index contributed by atoms with van der Waals surface area (Å²) in [5.41, 5.74) is 0. The molecule has 0 amide bonds. The van der Waals surface area contributed by atoms with Gasteiger partial charge in [-0.3, -0.25) is 0 Å². The molecule has 1 aromatic heterocycles. The van der Waals surface area contributed by atoms with E-state index in [0.29, 0.717) is 10.3 Å². The van der Waals surface area contributed by atoms with Gasteiger partial charge < -0.3 is 0 Å². The Morgan fingerprint density at radius 2 is 1.83 bits per heavy atom. The molecule has 1 fully saturated rings. The van der Waals surface area contributed by atoms with E-state index in [-0.39, 0.29) is 0 Å². The predicted molar refractivity (Wildman–Crippen MR) is 53.1 cm³/mol. The molecule has 0 atom stereocenters. The van der Waals surface area contributed by atoms with Crippen LogP contribution in [0.1, 0.15) is 12.8 Å². The number of halogens is 2. The quantitative estimate of drug-likeness (QED) is 0.705. The maximum absolute atomic E-state index is 5.75. The summed E-state index contributed by atoms with van der Waals surface area (Å²) in [6, 6.07) is 3.72. The molecule has 0 aliphatic heterocycles. The van der Waals surface area contributed by atoms with Crippen LogP contribution in [0.4, 0.5) is 0 Å². The van der Waals surface area contributed by atoms with Crippen molar-refractivity contribution in [3.05, 3.63) is 22.4 Å². The van der Waals surface area contributed by atoms with Gasteiger partial charge in [-0.25, -0.2) is 4.98 Å². The first-order valence-electron chi connectivity index (χ1n) is 3.74. The molecule has 0 saturated heterocycles. The lowest BCUT2D eigenvalue weighted by Gasteiger charge is -1.99. The maximum Gasteiger partial charge on any atom is 0.131 e. The summed E-state index contributed by atoms with van der Waals surface area (Å²) in [5, 5.41) is 1.73. The van der Waals surface area contributed by atoms with Gasteiger partial charge in [0.2, 0.25) is 0 Å². The van der Waals surface area contributed by atoms with Crippen molar-refractivity contribution in [2.75, 3.05) is 0 Å². The monoisotopic (exact) mass is 219 g/mol. The minimum atomic E-state index is 0.477. The van der Waals surface area contributed by atoms with Gasteiger partial charge >= 0.3 is 0 Å². The zero-order valence-electron chi connectivity index (χ0n) is 6.26. The summed E-state index contributed by atoms with van der Waals surface area (Å²) in [7, 11) is 0. The van der Waals surface area contributed by atoms with Crippen LogP contribution in [0.25, 0.3) is 0 Å². The Bertz CT molecular complexity index is 279. The van der Waals surface area contributed by atoms with Gasteiger partial charge in [0.25, 0.3) is 0 Å². The Balaban J connectivity index is 2.18. The molecule has 1 nitrogen and oxygen atoms in total. The highest BCUT2D eigenvalue weighted by atomic mass is 35.5. The van der Waals surface area contributed by atoms with E-state index in [1.165, 1.54) is 12.8 Å². The molecule has 0 spiro atoms. The third-order valence-corrected chi connectivity index (χ3v) is 3.26. The molecule has 1 heterocycles. The van der Waals surface area contributed by atoms with Crippen LogP contribution >= 0.6 is 35.0 Å². The number of hydrogen-bond donors (Lipinski definition) is 0. The van der Waals surface area contributed by atoms with Crippen molar-refractivity contribution in [3.8, 4) is 0 Å². The largest absolute Gasteiger partial charge is 0.224 e. The molecule has 0 N–H and O–H groups in total. The second-order valence-electron chi connectivity index (χ2n) is 2.77. The van der Waals surface area contributed by atoms with Crippen molar-refractivity contribution >= 4 is 35.0 Å². The average molecular weight is 220 g/mol. The van der Waals surface area contributed by atoms with Crippen molar-refractivity contribution < 1.29 is 0 Å². The molecule has 0 radical (unpaired) electrons. The van der Waals surface area contributed by atoms with Gasteiger partial charge in [0.1, 0.15) is 10.3 Å². The van der Waals surface area contributed by atoms with E-state index in [1.54, 1.807) is 0 Å². The van der Waals surface area contributed by atoms with E-state index >= 15 is 0 Å². The van der Waals surface area contributed by atoms with Gasteiger partial charge in [0.05, 0.1) is 0 Å². The molecule has 2 rings (SSSR count). The summed E-state index contributed by atoms with van der Waals surface area (Å²) in [5.74, 6) is 0. The zero-order chi connectivity index (χ0) is 8.55. The summed E-state index contributed by atoms with van der Waals surface area (Å²) in [6.07, 6.45) is 2.62. The first kappa shape index (κ1) is 8.67. The smallest absolute Gasteiger partial charge is 0.131 e. The van der Waals surface area contributed by atoms with Crippen LogP contribution < -0.4 is 0 Å². The fourth-order valence-electron chi connectivity index (χ4n) is 0.889.